The van der Waals surface area contributed by atoms with Gasteiger partial charge >= 0.3 is 11.9 Å². The molecule has 0 aliphatic heterocycles. The number of hydrogen-bond acceptors (Lipinski definition) is 7. The molecule has 0 rings (SSSR count). The van der Waals surface area contributed by atoms with Crippen LogP contribution in [-0.2, 0) is 33.4 Å². The van der Waals surface area contributed by atoms with Crippen LogP contribution in [0.1, 0.15) is 141 Å². The summed E-state index contributed by atoms with van der Waals surface area (Å²) in [6, 6.07) is -1.09. The maximum atomic E-state index is 12.2. The molecule has 44 heavy (non-hydrogen) atoms. The number of carboxylic acids is 2. The van der Waals surface area contributed by atoms with E-state index in [2.05, 4.69) is 10.6 Å². The topological polar surface area (TPSA) is 168 Å². The lowest BCUT2D eigenvalue weighted by atomic mass is 10.0. The first-order valence-electron chi connectivity index (χ1n) is 16.9. The Labute approximate surface area is 264 Å². The molecule has 0 saturated heterocycles. The van der Waals surface area contributed by atoms with E-state index in [1.54, 1.807) is 6.29 Å². The van der Waals surface area contributed by atoms with Gasteiger partial charge < -0.3 is 30.3 Å². The summed E-state index contributed by atoms with van der Waals surface area (Å²) >= 11 is 0. The van der Waals surface area contributed by atoms with Crippen molar-refractivity contribution in [1.82, 2.24) is 10.6 Å². The molecule has 11 nitrogen and oxygen atoms in total. The second kappa shape index (κ2) is 31.9. The van der Waals surface area contributed by atoms with E-state index in [-0.39, 0.29) is 64.0 Å². The molecule has 0 unspecified atom stereocenters. The van der Waals surface area contributed by atoms with Gasteiger partial charge in [-0.15, -0.1) is 0 Å². The van der Waals surface area contributed by atoms with Crippen LogP contribution in [0.2, 0.25) is 0 Å². The second-order valence-corrected chi connectivity index (χ2v) is 11.4. The average molecular weight is 628 g/mol. The molecule has 1 radical (unpaired) electrons. The highest BCUT2D eigenvalue weighted by atomic mass is 16.5. The third-order valence-electron chi connectivity index (χ3n) is 7.44. The Morgan fingerprint density at radius 3 is 1.48 bits per heavy atom. The van der Waals surface area contributed by atoms with Gasteiger partial charge in [-0.2, -0.15) is 0 Å². The molecule has 0 aromatic rings. The summed E-state index contributed by atoms with van der Waals surface area (Å²) in [5, 5.41) is 23.2. The lowest BCUT2D eigenvalue weighted by molar-refractivity contribution is -0.142. The highest BCUT2D eigenvalue weighted by molar-refractivity contribution is 5.84. The zero-order valence-electron chi connectivity index (χ0n) is 26.9. The smallest absolute Gasteiger partial charge is 0.326 e. The van der Waals surface area contributed by atoms with Crippen LogP contribution >= 0.6 is 0 Å². The fourth-order valence-corrected chi connectivity index (χ4v) is 4.87. The number of carboxylic acid groups (broad SMARTS) is 2. The fourth-order valence-electron chi connectivity index (χ4n) is 4.87. The van der Waals surface area contributed by atoms with Gasteiger partial charge in [0, 0.05) is 25.8 Å². The molecule has 0 aromatic carbocycles. The first-order chi connectivity index (χ1) is 21.4. The van der Waals surface area contributed by atoms with Crippen molar-refractivity contribution in [1.29, 1.82) is 0 Å². The van der Waals surface area contributed by atoms with Crippen LogP contribution in [0.5, 0.6) is 0 Å². The minimum Gasteiger partial charge on any atom is -0.481 e. The largest absolute Gasteiger partial charge is 0.481 e. The number of rotatable bonds is 34. The monoisotopic (exact) mass is 627 g/mol. The minimum absolute atomic E-state index is 0.0165. The van der Waals surface area contributed by atoms with Gasteiger partial charge in [-0.05, 0) is 19.3 Å². The van der Waals surface area contributed by atoms with Crippen molar-refractivity contribution < 1.29 is 43.7 Å². The van der Waals surface area contributed by atoms with Gasteiger partial charge in [-0.25, -0.2) is 4.79 Å². The summed E-state index contributed by atoms with van der Waals surface area (Å²) in [7, 11) is 0. The van der Waals surface area contributed by atoms with E-state index in [0.29, 0.717) is 6.42 Å². The minimum atomic E-state index is -1.15. The van der Waals surface area contributed by atoms with Crippen LogP contribution < -0.4 is 10.6 Å². The van der Waals surface area contributed by atoms with Crippen LogP contribution in [0.4, 0.5) is 0 Å². The Morgan fingerprint density at radius 1 is 0.568 bits per heavy atom. The highest BCUT2D eigenvalue weighted by Gasteiger charge is 2.20. The van der Waals surface area contributed by atoms with Crippen LogP contribution in [0.3, 0.4) is 0 Å². The van der Waals surface area contributed by atoms with Crippen LogP contribution in [0.25, 0.3) is 0 Å². The Bertz CT molecular complexity index is 749. The number of carbonyl (C=O) groups is 4. The predicted octanol–water partition coefficient (Wildman–Crippen LogP) is 5.48. The third kappa shape index (κ3) is 30.9. The van der Waals surface area contributed by atoms with Gasteiger partial charge in [-0.1, -0.05) is 103 Å². The Balaban J connectivity index is 3.56. The normalized spacial score (nSPS) is 11.6. The molecule has 1 atom stereocenters. The zero-order valence-corrected chi connectivity index (χ0v) is 26.9. The highest BCUT2D eigenvalue weighted by Crippen LogP contribution is 2.15. The molecule has 0 fully saturated rings. The van der Waals surface area contributed by atoms with Gasteiger partial charge in [0.25, 0.3) is 0 Å². The van der Waals surface area contributed by atoms with Crippen LogP contribution in [0.15, 0.2) is 0 Å². The number of unbranched alkanes of at least 4 members (excludes halogenated alkanes) is 17. The van der Waals surface area contributed by atoms with Crippen molar-refractivity contribution in [2.75, 3.05) is 33.0 Å². The summed E-state index contributed by atoms with van der Waals surface area (Å²) in [5.41, 5.74) is 0. The zero-order chi connectivity index (χ0) is 32.5. The molecule has 0 aliphatic rings. The van der Waals surface area contributed by atoms with Crippen LogP contribution in [-0.4, -0.2) is 79.3 Å². The average Bonchev–Trinajstić information content (AvgIpc) is 2.99. The maximum absolute atomic E-state index is 12.2. The van der Waals surface area contributed by atoms with E-state index in [0.717, 1.165) is 44.9 Å². The summed E-state index contributed by atoms with van der Waals surface area (Å²) in [5.74, 6) is -2.45. The lowest BCUT2D eigenvalue weighted by Gasteiger charge is -2.14. The summed E-state index contributed by atoms with van der Waals surface area (Å²) in [4.78, 5) is 56.1. The molecule has 0 bridgehead atoms. The van der Waals surface area contributed by atoms with Crippen molar-refractivity contribution in [2.45, 2.75) is 147 Å². The number of nitrogens with one attached hydrogen (secondary N) is 2. The standard InChI is InChI=1S/C33H59N2O9/c36-24-26-44-28-27-43-25-23-34-30(37)22-21-29(33(41)42)35-31(38)19-17-15-13-11-9-7-5-3-1-2-4-6-8-10-12-14-16-18-20-32(39)40/h29H,1-23,25-28H2,(H,34,37)(H,35,38)(H,39,40)(H,41,42)/t29-/m0/s1. The van der Waals surface area contributed by atoms with Crippen molar-refractivity contribution in [2.24, 2.45) is 0 Å². The molecule has 2 amide bonds. The molecule has 11 heteroatoms. The van der Waals surface area contributed by atoms with Crippen molar-refractivity contribution in [3.05, 3.63) is 0 Å². The molecule has 0 heterocycles. The molecule has 0 saturated carbocycles. The van der Waals surface area contributed by atoms with Crippen molar-refractivity contribution in [3.63, 3.8) is 0 Å². The number of aliphatic carboxylic acids is 2. The third-order valence-corrected chi connectivity index (χ3v) is 7.44. The van der Waals surface area contributed by atoms with Gasteiger partial charge in [0.05, 0.1) is 19.8 Å². The number of ether oxygens (including phenoxy) is 2. The van der Waals surface area contributed by atoms with Crippen molar-refractivity contribution in [3.8, 4) is 0 Å². The van der Waals surface area contributed by atoms with Gasteiger partial charge in [-0.3, -0.25) is 19.2 Å². The van der Waals surface area contributed by atoms with E-state index in [1.807, 2.05) is 0 Å². The van der Waals surface area contributed by atoms with Crippen LogP contribution in [0, 0.1) is 0 Å². The SMILES string of the molecule is O=[C]COCCOCCNC(=O)CC[C@H](NC(=O)CCCCCCCCCCCCCCCCCCCCC(=O)O)C(=O)O. The predicted molar refractivity (Wildman–Crippen MR) is 169 cm³/mol. The maximum Gasteiger partial charge on any atom is 0.326 e. The van der Waals surface area contributed by atoms with E-state index in [9.17, 15) is 29.1 Å². The molecule has 0 spiro atoms. The van der Waals surface area contributed by atoms with Crippen molar-refractivity contribution >= 4 is 30.0 Å². The Morgan fingerprint density at radius 2 is 1.02 bits per heavy atom. The summed E-state index contributed by atoms with van der Waals surface area (Å²) in [6.07, 6.45) is 23.1. The lowest BCUT2D eigenvalue weighted by Crippen LogP contribution is -2.41. The molecular formula is C33H59N2O9. The van der Waals surface area contributed by atoms with E-state index in [1.165, 1.54) is 70.6 Å². The Kier molecular flexibility index (Phi) is 30.0. The van der Waals surface area contributed by atoms with Gasteiger partial charge in [0.1, 0.15) is 12.6 Å². The first kappa shape index (κ1) is 41.5. The molecular weight excluding hydrogens is 568 g/mol. The first-order valence-corrected chi connectivity index (χ1v) is 16.9. The number of hydrogen-bond donors (Lipinski definition) is 4. The summed E-state index contributed by atoms with van der Waals surface area (Å²) in [6.45, 7) is 0.977. The summed E-state index contributed by atoms with van der Waals surface area (Å²) < 4.78 is 10.1. The van der Waals surface area contributed by atoms with E-state index < -0.39 is 18.0 Å². The second-order valence-electron chi connectivity index (χ2n) is 11.4. The van der Waals surface area contributed by atoms with Gasteiger partial charge in [0.15, 0.2) is 0 Å². The molecule has 0 aromatic heterocycles. The fraction of sp³-hybridized carbons (Fsp3) is 0.848. The van der Waals surface area contributed by atoms with E-state index in [4.69, 9.17) is 14.6 Å². The number of carbonyl (C=O) groups excluding carboxylic acids is 3. The number of amides is 2. The molecule has 255 valence electrons. The molecule has 0 aliphatic carbocycles. The van der Waals surface area contributed by atoms with E-state index >= 15 is 0 Å². The quantitative estimate of drug-likeness (QED) is 0.0675. The molecule has 4 N–H and O–H groups in total. The Hall–Kier alpha value is -2.53. The van der Waals surface area contributed by atoms with Gasteiger partial charge in [0.2, 0.25) is 18.1 Å².